The van der Waals surface area contributed by atoms with Crippen LogP contribution >= 0.6 is 27.3 Å². The van der Waals surface area contributed by atoms with Gasteiger partial charge in [0.05, 0.1) is 24.7 Å². The summed E-state index contributed by atoms with van der Waals surface area (Å²) in [4.78, 5) is 0. The second-order valence-electron chi connectivity index (χ2n) is 4.67. The summed E-state index contributed by atoms with van der Waals surface area (Å²) in [6.07, 6.45) is 1.08. The van der Waals surface area contributed by atoms with Crippen LogP contribution in [0.2, 0.25) is 0 Å². The Bertz CT molecular complexity index is 572. The molecule has 0 aliphatic carbocycles. The number of thiophene rings is 1. The predicted molar refractivity (Wildman–Crippen MR) is 91.7 cm³/mol. The minimum Gasteiger partial charge on any atom is -0.496 e. The van der Waals surface area contributed by atoms with Crippen molar-refractivity contribution in [1.29, 1.82) is 0 Å². The number of halogens is 1. The number of hydrogen-bond acceptors (Lipinski definition) is 4. The average Bonchev–Trinajstić information content (AvgIpc) is 3.02. The standard InChI is InChI=1S/C16H20BrNO2S/c1-4-6-18-16(11-5-7-21-10-11)12-8-15(20-3)13(17)9-14(12)19-2/h5,7-10,16,18H,4,6H2,1-3H3. The molecule has 0 saturated heterocycles. The first kappa shape index (κ1) is 16.3. The first-order valence-corrected chi connectivity index (χ1v) is 8.61. The Kier molecular flexibility index (Phi) is 6.08. The Morgan fingerprint density at radius 1 is 1.24 bits per heavy atom. The summed E-state index contributed by atoms with van der Waals surface area (Å²) in [6, 6.07) is 6.24. The van der Waals surface area contributed by atoms with E-state index < -0.39 is 0 Å². The number of rotatable bonds is 7. The van der Waals surface area contributed by atoms with Crippen molar-refractivity contribution in [1.82, 2.24) is 5.32 Å². The number of hydrogen-bond donors (Lipinski definition) is 1. The molecule has 2 aromatic rings. The fraction of sp³-hybridized carbons (Fsp3) is 0.375. The highest BCUT2D eigenvalue weighted by Crippen LogP contribution is 2.38. The molecule has 1 N–H and O–H groups in total. The second-order valence-corrected chi connectivity index (χ2v) is 6.31. The van der Waals surface area contributed by atoms with Gasteiger partial charge in [0.25, 0.3) is 0 Å². The van der Waals surface area contributed by atoms with Crippen molar-refractivity contribution in [3.8, 4) is 11.5 Å². The largest absolute Gasteiger partial charge is 0.496 e. The van der Waals surface area contributed by atoms with E-state index in [2.05, 4.69) is 45.0 Å². The van der Waals surface area contributed by atoms with E-state index in [4.69, 9.17) is 9.47 Å². The molecule has 1 heterocycles. The maximum Gasteiger partial charge on any atom is 0.133 e. The molecule has 0 aliphatic heterocycles. The van der Waals surface area contributed by atoms with Crippen molar-refractivity contribution >= 4 is 27.3 Å². The summed E-state index contributed by atoms with van der Waals surface area (Å²) in [5.41, 5.74) is 2.33. The van der Waals surface area contributed by atoms with Crippen LogP contribution < -0.4 is 14.8 Å². The zero-order valence-corrected chi connectivity index (χ0v) is 14.9. The third-order valence-electron chi connectivity index (χ3n) is 3.29. The first-order chi connectivity index (χ1) is 10.2. The van der Waals surface area contributed by atoms with Crippen LogP contribution in [-0.2, 0) is 0 Å². The Hall–Kier alpha value is -1.04. The fourth-order valence-electron chi connectivity index (χ4n) is 2.24. The molecule has 1 unspecified atom stereocenters. The van der Waals surface area contributed by atoms with Crippen LogP contribution in [0.3, 0.4) is 0 Å². The van der Waals surface area contributed by atoms with Gasteiger partial charge in [-0.2, -0.15) is 11.3 Å². The lowest BCUT2D eigenvalue weighted by Gasteiger charge is -2.22. The molecule has 0 aliphatic rings. The third-order valence-corrected chi connectivity index (χ3v) is 4.61. The molecule has 0 radical (unpaired) electrons. The van der Waals surface area contributed by atoms with Gasteiger partial charge in [-0.3, -0.25) is 0 Å². The summed E-state index contributed by atoms with van der Waals surface area (Å²) in [5.74, 6) is 1.66. The SMILES string of the molecule is CCCNC(c1ccsc1)c1cc(OC)c(Br)cc1OC. The van der Waals surface area contributed by atoms with Gasteiger partial charge in [-0.15, -0.1) is 0 Å². The zero-order valence-electron chi connectivity index (χ0n) is 12.5. The molecule has 1 aromatic carbocycles. The van der Waals surface area contributed by atoms with Crippen LogP contribution in [0.25, 0.3) is 0 Å². The van der Waals surface area contributed by atoms with Crippen molar-refractivity contribution in [2.75, 3.05) is 20.8 Å². The van der Waals surface area contributed by atoms with E-state index in [-0.39, 0.29) is 6.04 Å². The van der Waals surface area contributed by atoms with Crippen LogP contribution in [0.4, 0.5) is 0 Å². The quantitative estimate of drug-likeness (QED) is 0.772. The van der Waals surface area contributed by atoms with Gasteiger partial charge in [0.2, 0.25) is 0 Å². The second kappa shape index (κ2) is 7.82. The molecule has 0 spiro atoms. The van der Waals surface area contributed by atoms with Gasteiger partial charge in [-0.05, 0) is 63.4 Å². The summed E-state index contributed by atoms with van der Waals surface area (Å²) >= 11 is 5.21. The van der Waals surface area contributed by atoms with Gasteiger partial charge in [-0.1, -0.05) is 6.92 Å². The molecule has 0 fully saturated rings. The third kappa shape index (κ3) is 3.78. The number of methoxy groups -OCH3 is 2. The Morgan fingerprint density at radius 3 is 2.57 bits per heavy atom. The molecule has 114 valence electrons. The average molecular weight is 370 g/mol. The van der Waals surface area contributed by atoms with E-state index in [1.807, 2.05) is 12.1 Å². The van der Waals surface area contributed by atoms with Crippen LogP contribution in [0, 0.1) is 0 Å². The Balaban J connectivity index is 2.47. The van der Waals surface area contributed by atoms with Crippen LogP contribution in [0.1, 0.15) is 30.5 Å². The minimum absolute atomic E-state index is 0.105. The molecule has 0 bridgehead atoms. The Morgan fingerprint density at radius 2 is 2.00 bits per heavy atom. The van der Waals surface area contributed by atoms with E-state index in [1.54, 1.807) is 25.6 Å². The van der Waals surface area contributed by atoms with Crippen molar-refractivity contribution in [2.45, 2.75) is 19.4 Å². The van der Waals surface area contributed by atoms with Gasteiger partial charge < -0.3 is 14.8 Å². The minimum atomic E-state index is 0.105. The Labute approximate surface area is 138 Å². The summed E-state index contributed by atoms with van der Waals surface area (Å²) in [6.45, 7) is 3.11. The highest BCUT2D eigenvalue weighted by Gasteiger charge is 2.20. The number of nitrogens with one attached hydrogen (secondary N) is 1. The lowest BCUT2D eigenvalue weighted by Crippen LogP contribution is -2.23. The van der Waals surface area contributed by atoms with E-state index >= 15 is 0 Å². The van der Waals surface area contributed by atoms with Crippen LogP contribution in [0.5, 0.6) is 11.5 Å². The number of benzene rings is 1. The fourth-order valence-corrected chi connectivity index (χ4v) is 3.42. The maximum absolute atomic E-state index is 5.56. The molecule has 2 rings (SSSR count). The molecular weight excluding hydrogens is 350 g/mol. The summed E-state index contributed by atoms with van der Waals surface area (Å²) in [7, 11) is 3.37. The van der Waals surface area contributed by atoms with E-state index in [0.717, 1.165) is 34.5 Å². The van der Waals surface area contributed by atoms with Crippen LogP contribution in [0.15, 0.2) is 33.4 Å². The predicted octanol–water partition coefficient (Wildman–Crippen LogP) is 4.62. The van der Waals surface area contributed by atoms with Crippen molar-refractivity contribution in [3.63, 3.8) is 0 Å². The highest BCUT2D eigenvalue weighted by molar-refractivity contribution is 9.10. The molecule has 21 heavy (non-hydrogen) atoms. The molecule has 0 amide bonds. The molecule has 1 aromatic heterocycles. The molecule has 3 nitrogen and oxygen atoms in total. The lowest BCUT2D eigenvalue weighted by molar-refractivity contribution is 0.392. The van der Waals surface area contributed by atoms with Crippen molar-refractivity contribution in [3.05, 3.63) is 44.6 Å². The van der Waals surface area contributed by atoms with E-state index in [9.17, 15) is 0 Å². The monoisotopic (exact) mass is 369 g/mol. The zero-order chi connectivity index (χ0) is 15.2. The smallest absolute Gasteiger partial charge is 0.133 e. The molecular formula is C16H20BrNO2S. The van der Waals surface area contributed by atoms with E-state index in [0.29, 0.717) is 0 Å². The van der Waals surface area contributed by atoms with Gasteiger partial charge in [0.1, 0.15) is 11.5 Å². The van der Waals surface area contributed by atoms with Gasteiger partial charge >= 0.3 is 0 Å². The first-order valence-electron chi connectivity index (χ1n) is 6.88. The van der Waals surface area contributed by atoms with Crippen molar-refractivity contribution < 1.29 is 9.47 Å². The maximum atomic E-state index is 5.56. The topological polar surface area (TPSA) is 30.5 Å². The highest BCUT2D eigenvalue weighted by atomic mass is 79.9. The summed E-state index contributed by atoms with van der Waals surface area (Å²) in [5, 5.41) is 7.85. The summed E-state index contributed by atoms with van der Waals surface area (Å²) < 4.78 is 11.9. The van der Waals surface area contributed by atoms with Gasteiger partial charge in [0, 0.05) is 5.56 Å². The van der Waals surface area contributed by atoms with Crippen molar-refractivity contribution in [2.24, 2.45) is 0 Å². The van der Waals surface area contributed by atoms with Gasteiger partial charge in [0.15, 0.2) is 0 Å². The van der Waals surface area contributed by atoms with E-state index in [1.165, 1.54) is 5.56 Å². The number of ether oxygens (including phenoxy) is 2. The molecule has 0 saturated carbocycles. The molecule has 1 atom stereocenters. The lowest BCUT2D eigenvalue weighted by atomic mass is 9.99. The van der Waals surface area contributed by atoms with Gasteiger partial charge in [-0.25, -0.2) is 0 Å². The molecule has 5 heteroatoms. The van der Waals surface area contributed by atoms with Crippen LogP contribution in [-0.4, -0.2) is 20.8 Å². The normalized spacial score (nSPS) is 12.2.